The summed E-state index contributed by atoms with van der Waals surface area (Å²) in [6.45, 7) is 3.63. The third-order valence-corrected chi connectivity index (χ3v) is 5.25. The fourth-order valence-electron chi connectivity index (χ4n) is 2.47. The van der Waals surface area contributed by atoms with Crippen molar-refractivity contribution in [1.29, 1.82) is 0 Å². The van der Waals surface area contributed by atoms with Crippen molar-refractivity contribution in [2.45, 2.75) is 18.7 Å². The molecule has 0 amide bonds. The molecule has 0 aliphatic carbocycles. The monoisotopic (exact) mass is 355 g/mol. The number of anilines is 1. The van der Waals surface area contributed by atoms with Crippen LogP contribution >= 0.6 is 0 Å². The Labute approximate surface area is 145 Å². The number of nitrogens with one attached hydrogen (secondary N) is 2. The number of rotatable bonds is 4. The van der Waals surface area contributed by atoms with Gasteiger partial charge < -0.3 is 0 Å². The van der Waals surface area contributed by atoms with Gasteiger partial charge in [-0.05, 0) is 49.2 Å². The summed E-state index contributed by atoms with van der Waals surface area (Å²) in [6.07, 6.45) is 0. The van der Waals surface area contributed by atoms with Crippen molar-refractivity contribution >= 4 is 15.7 Å². The third kappa shape index (κ3) is 3.77. The third-order valence-electron chi connectivity index (χ3n) is 3.72. The van der Waals surface area contributed by atoms with Crippen molar-refractivity contribution in [3.05, 3.63) is 76.1 Å². The van der Waals surface area contributed by atoms with Crippen LogP contribution in [0.15, 0.2) is 64.3 Å². The lowest BCUT2D eigenvalue weighted by Crippen LogP contribution is -2.14. The van der Waals surface area contributed by atoms with E-state index in [9.17, 15) is 13.2 Å². The molecule has 0 radical (unpaired) electrons. The van der Waals surface area contributed by atoms with Crippen LogP contribution in [0.4, 0.5) is 5.69 Å². The predicted molar refractivity (Wildman–Crippen MR) is 97.0 cm³/mol. The molecule has 0 atom stereocenters. The molecular weight excluding hydrogens is 338 g/mol. The van der Waals surface area contributed by atoms with Crippen LogP contribution in [0.5, 0.6) is 0 Å². The van der Waals surface area contributed by atoms with Gasteiger partial charge in [0.1, 0.15) is 0 Å². The van der Waals surface area contributed by atoms with E-state index in [1.807, 2.05) is 13.0 Å². The summed E-state index contributed by atoms with van der Waals surface area (Å²) < 4.78 is 28.2. The number of nitrogens with zero attached hydrogens (tertiary/aromatic N) is 1. The molecular formula is C18H17N3O3S. The van der Waals surface area contributed by atoms with Gasteiger partial charge in [-0.15, -0.1) is 0 Å². The van der Waals surface area contributed by atoms with E-state index in [1.54, 1.807) is 49.4 Å². The van der Waals surface area contributed by atoms with E-state index in [1.165, 1.54) is 6.07 Å². The molecule has 128 valence electrons. The molecule has 3 aromatic rings. The topological polar surface area (TPSA) is 91.9 Å². The molecule has 1 aromatic heterocycles. The van der Waals surface area contributed by atoms with Crippen molar-refractivity contribution in [2.75, 3.05) is 4.72 Å². The van der Waals surface area contributed by atoms with Crippen molar-refractivity contribution in [1.82, 2.24) is 10.2 Å². The van der Waals surface area contributed by atoms with E-state index in [4.69, 9.17) is 0 Å². The van der Waals surface area contributed by atoms with E-state index in [0.29, 0.717) is 22.5 Å². The Balaban J connectivity index is 2.02. The Hall–Kier alpha value is -2.93. The molecule has 0 aliphatic heterocycles. The van der Waals surface area contributed by atoms with Gasteiger partial charge in [0.2, 0.25) is 0 Å². The highest BCUT2D eigenvalue weighted by atomic mass is 32.2. The van der Waals surface area contributed by atoms with Crippen LogP contribution in [0, 0.1) is 13.8 Å². The second-order valence-electron chi connectivity index (χ2n) is 5.76. The van der Waals surface area contributed by atoms with E-state index >= 15 is 0 Å². The van der Waals surface area contributed by atoms with E-state index in [2.05, 4.69) is 14.9 Å². The van der Waals surface area contributed by atoms with Crippen LogP contribution in [0.2, 0.25) is 0 Å². The van der Waals surface area contributed by atoms with Gasteiger partial charge in [-0.25, -0.2) is 13.5 Å². The van der Waals surface area contributed by atoms with Crippen LogP contribution in [0.1, 0.15) is 11.1 Å². The van der Waals surface area contributed by atoms with Crippen molar-refractivity contribution < 1.29 is 8.42 Å². The SMILES string of the molecule is Cc1cccc(NS(=O)(=O)c2cc(-c3ccc(=O)[nH]n3)ccc2C)c1. The molecule has 0 aliphatic rings. The predicted octanol–water partition coefficient (Wildman–Crippen LogP) is 2.85. The van der Waals surface area contributed by atoms with Gasteiger partial charge in [-0.1, -0.05) is 24.3 Å². The lowest BCUT2D eigenvalue weighted by atomic mass is 10.1. The molecule has 0 saturated carbocycles. The first kappa shape index (κ1) is 16.9. The van der Waals surface area contributed by atoms with Gasteiger partial charge in [-0.3, -0.25) is 9.52 Å². The number of hydrogen-bond donors (Lipinski definition) is 2. The highest BCUT2D eigenvalue weighted by Gasteiger charge is 2.18. The van der Waals surface area contributed by atoms with E-state index in [0.717, 1.165) is 5.56 Å². The summed E-state index contributed by atoms with van der Waals surface area (Å²) in [7, 11) is -3.75. The van der Waals surface area contributed by atoms with E-state index < -0.39 is 10.0 Å². The van der Waals surface area contributed by atoms with Crippen LogP contribution in [-0.4, -0.2) is 18.6 Å². The van der Waals surface area contributed by atoms with Gasteiger partial charge >= 0.3 is 0 Å². The Kier molecular flexibility index (Phi) is 4.41. The minimum absolute atomic E-state index is 0.166. The van der Waals surface area contributed by atoms with Crippen LogP contribution in [0.3, 0.4) is 0 Å². The largest absolute Gasteiger partial charge is 0.280 e. The van der Waals surface area contributed by atoms with Gasteiger partial charge in [0, 0.05) is 17.3 Å². The first-order valence-electron chi connectivity index (χ1n) is 7.61. The molecule has 0 fully saturated rings. The van der Waals surface area contributed by atoms with Crippen molar-refractivity contribution in [3.63, 3.8) is 0 Å². The number of aryl methyl sites for hydroxylation is 2. The van der Waals surface area contributed by atoms with Crippen molar-refractivity contribution in [3.8, 4) is 11.3 Å². The molecule has 0 unspecified atom stereocenters. The second-order valence-corrected chi connectivity index (χ2v) is 7.41. The summed E-state index contributed by atoms with van der Waals surface area (Å²) in [4.78, 5) is 11.3. The summed E-state index contributed by atoms with van der Waals surface area (Å²) in [5.74, 6) is 0. The minimum Gasteiger partial charge on any atom is -0.280 e. The number of hydrogen-bond acceptors (Lipinski definition) is 4. The highest BCUT2D eigenvalue weighted by Crippen LogP contribution is 2.25. The number of sulfonamides is 1. The summed E-state index contributed by atoms with van der Waals surface area (Å²) in [5.41, 5.74) is 2.87. The number of benzene rings is 2. The molecule has 3 rings (SSSR count). The average molecular weight is 355 g/mol. The zero-order valence-corrected chi connectivity index (χ0v) is 14.6. The Morgan fingerprint density at radius 3 is 2.48 bits per heavy atom. The van der Waals surface area contributed by atoms with Crippen LogP contribution < -0.4 is 10.3 Å². The molecule has 0 bridgehead atoms. The standard InChI is InChI=1S/C18H17N3O3S/c1-12-4-3-5-15(10-12)21-25(23,24)17-11-14(7-6-13(17)2)16-8-9-18(22)20-19-16/h3-11,21H,1-2H3,(H,20,22). The molecule has 7 heteroatoms. The lowest BCUT2D eigenvalue weighted by molar-refractivity contribution is 0.600. The van der Waals surface area contributed by atoms with Crippen LogP contribution in [0.25, 0.3) is 11.3 Å². The molecule has 2 aromatic carbocycles. The summed E-state index contributed by atoms with van der Waals surface area (Å²) >= 11 is 0. The lowest BCUT2D eigenvalue weighted by Gasteiger charge is -2.12. The summed E-state index contributed by atoms with van der Waals surface area (Å²) in [6, 6.07) is 15.1. The van der Waals surface area contributed by atoms with Gasteiger partial charge in [0.25, 0.3) is 15.6 Å². The molecule has 2 N–H and O–H groups in total. The first-order chi connectivity index (χ1) is 11.8. The smallest absolute Gasteiger partial charge is 0.264 e. The molecule has 0 spiro atoms. The zero-order chi connectivity index (χ0) is 18.0. The summed E-state index contributed by atoms with van der Waals surface area (Å²) in [5, 5.41) is 6.29. The van der Waals surface area contributed by atoms with Gasteiger partial charge in [0.05, 0.1) is 10.6 Å². The highest BCUT2D eigenvalue weighted by molar-refractivity contribution is 7.92. The fourth-order valence-corrected chi connectivity index (χ4v) is 3.79. The maximum Gasteiger partial charge on any atom is 0.264 e. The number of aromatic amines is 1. The molecule has 6 nitrogen and oxygen atoms in total. The fraction of sp³-hybridized carbons (Fsp3) is 0.111. The maximum atomic E-state index is 12.8. The average Bonchev–Trinajstić information content (AvgIpc) is 2.55. The zero-order valence-electron chi connectivity index (χ0n) is 13.8. The number of H-pyrrole nitrogens is 1. The minimum atomic E-state index is -3.75. The van der Waals surface area contributed by atoms with Crippen LogP contribution in [-0.2, 0) is 10.0 Å². The molecule has 0 saturated heterocycles. The second kappa shape index (κ2) is 6.52. The van der Waals surface area contributed by atoms with Gasteiger partial charge in [0.15, 0.2) is 0 Å². The molecule has 1 heterocycles. The normalized spacial score (nSPS) is 11.3. The van der Waals surface area contributed by atoms with Crippen molar-refractivity contribution in [2.24, 2.45) is 0 Å². The first-order valence-corrected chi connectivity index (χ1v) is 9.10. The van der Waals surface area contributed by atoms with Gasteiger partial charge in [-0.2, -0.15) is 5.10 Å². The number of aromatic nitrogens is 2. The quantitative estimate of drug-likeness (QED) is 0.753. The van der Waals surface area contributed by atoms with E-state index in [-0.39, 0.29) is 10.5 Å². The maximum absolute atomic E-state index is 12.8. The Morgan fingerprint density at radius 1 is 1.00 bits per heavy atom. The Morgan fingerprint density at radius 2 is 1.80 bits per heavy atom. The molecule has 25 heavy (non-hydrogen) atoms. The Bertz CT molecular complexity index is 1070.